The van der Waals surface area contributed by atoms with Gasteiger partial charge in [-0.15, -0.1) is 0 Å². The average molecular weight is 333 g/mol. The van der Waals surface area contributed by atoms with Crippen molar-refractivity contribution >= 4 is 23.2 Å². The Morgan fingerprint density at radius 1 is 1.08 bits per heavy atom. The predicted molar refractivity (Wildman–Crippen MR) is 95.2 cm³/mol. The molecular formula is C18H27N3O3. The standard InChI is InChI=1S/C18H27N3O3/c1-14-7-8-15(19-18(23)13-24-2)11-16(14)20-17(22)12-21-9-5-3-4-6-10-21/h7-8,11H,3-6,9-10,12-13H2,1-2H3,(H,19,23)(H,20,22). The molecule has 1 aromatic carbocycles. The van der Waals surface area contributed by atoms with E-state index in [1.165, 1.54) is 20.0 Å². The van der Waals surface area contributed by atoms with E-state index in [0.717, 1.165) is 37.2 Å². The van der Waals surface area contributed by atoms with E-state index in [0.29, 0.717) is 12.2 Å². The highest BCUT2D eigenvalue weighted by molar-refractivity contribution is 5.95. The summed E-state index contributed by atoms with van der Waals surface area (Å²) >= 11 is 0. The van der Waals surface area contributed by atoms with Crippen LogP contribution in [0.1, 0.15) is 31.2 Å². The number of ether oxygens (including phenoxy) is 1. The predicted octanol–water partition coefficient (Wildman–Crippen LogP) is 2.39. The van der Waals surface area contributed by atoms with Gasteiger partial charge >= 0.3 is 0 Å². The van der Waals surface area contributed by atoms with Crippen molar-refractivity contribution in [2.45, 2.75) is 32.6 Å². The van der Waals surface area contributed by atoms with E-state index in [1.807, 2.05) is 19.1 Å². The molecule has 0 aliphatic carbocycles. The molecule has 2 amide bonds. The SMILES string of the molecule is COCC(=O)Nc1ccc(C)c(NC(=O)CN2CCCCCC2)c1. The zero-order valence-electron chi connectivity index (χ0n) is 14.6. The first-order chi connectivity index (χ1) is 11.6. The Labute approximate surface area is 143 Å². The second-order valence-electron chi connectivity index (χ2n) is 6.25. The van der Waals surface area contributed by atoms with E-state index in [1.54, 1.807) is 6.07 Å². The zero-order valence-corrected chi connectivity index (χ0v) is 14.6. The molecule has 1 saturated heterocycles. The van der Waals surface area contributed by atoms with Gasteiger partial charge in [0.05, 0.1) is 6.54 Å². The summed E-state index contributed by atoms with van der Waals surface area (Å²) in [6, 6.07) is 5.47. The third kappa shape index (κ3) is 5.94. The molecule has 1 aliphatic rings. The fraction of sp³-hybridized carbons (Fsp3) is 0.556. The van der Waals surface area contributed by atoms with Crippen molar-refractivity contribution in [2.24, 2.45) is 0 Å². The van der Waals surface area contributed by atoms with Crippen LogP contribution in [0, 0.1) is 6.92 Å². The minimum Gasteiger partial charge on any atom is -0.375 e. The Morgan fingerprint density at radius 3 is 2.46 bits per heavy atom. The van der Waals surface area contributed by atoms with Gasteiger partial charge in [-0.25, -0.2) is 0 Å². The van der Waals surface area contributed by atoms with Gasteiger partial charge in [0.2, 0.25) is 11.8 Å². The van der Waals surface area contributed by atoms with Gasteiger partial charge in [-0.05, 0) is 50.6 Å². The lowest BCUT2D eigenvalue weighted by molar-refractivity contribution is -0.119. The lowest BCUT2D eigenvalue weighted by Gasteiger charge is -2.19. The van der Waals surface area contributed by atoms with Crippen LogP contribution in [0.2, 0.25) is 0 Å². The third-order valence-corrected chi connectivity index (χ3v) is 4.14. The first-order valence-electron chi connectivity index (χ1n) is 8.50. The molecule has 0 bridgehead atoms. The lowest BCUT2D eigenvalue weighted by atomic mass is 10.1. The molecule has 0 radical (unpaired) electrons. The minimum absolute atomic E-state index is 0.00449. The molecule has 2 N–H and O–H groups in total. The van der Waals surface area contributed by atoms with Crippen LogP contribution in [0.25, 0.3) is 0 Å². The van der Waals surface area contributed by atoms with Crippen molar-refractivity contribution in [1.82, 2.24) is 4.90 Å². The maximum absolute atomic E-state index is 12.3. The van der Waals surface area contributed by atoms with Crippen LogP contribution in [-0.2, 0) is 14.3 Å². The van der Waals surface area contributed by atoms with Gasteiger partial charge in [0, 0.05) is 18.5 Å². The molecule has 6 nitrogen and oxygen atoms in total. The van der Waals surface area contributed by atoms with Crippen LogP contribution < -0.4 is 10.6 Å². The maximum Gasteiger partial charge on any atom is 0.250 e. The number of aryl methyl sites for hydroxylation is 1. The van der Waals surface area contributed by atoms with E-state index in [9.17, 15) is 9.59 Å². The summed E-state index contributed by atoms with van der Waals surface area (Å²) < 4.78 is 4.80. The summed E-state index contributed by atoms with van der Waals surface area (Å²) in [6.45, 7) is 4.32. The van der Waals surface area contributed by atoms with Crippen LogP contribution >= 0.6 is 0 Å². The van der Waals surface area contributed by atoms with Gasteiger partial charge in [0.25, 0.3) is 0 Å². The van der Waals surface area contributed by atoms with E-state index in [2.05, 4.69) is 15.5 Å². The Hall–Kier alpha value is -1.92. The molecule has 1 aliphatic heterocycles. The minimum atomic E-state index is -0.219. The molecule has 0 unspecified atom stereocenters. The van der Waals surface area contributed by atoms with Crippen molar-refractivity contribution in [3.05, 3.63) is 23.8 Å². The molecule has 1 heterocycles. The molecule has 0 saturated carbocycles. The topological polar surface area (TPSA) is 70.7 Å². The summed E-state index contributed by atoms with van der Waals surface area (Å²) in [5.74, 6) is -0.233. The molecule has 1 fully saturated rings. The number of hydrogen-bond donors (Lipinski definition) is 2. The van der Waals surface area contributed by atoms with Crippen LogP contribution in [0.3, 0.4) is 0 Å². The molecule has 132 valence electrons. The number of methoxy groups -OCH3 is 1. The summed E-state index contributed by atoms with van der Waals surface area (Å²) in [5.41, 5.74) is 2.33. The van der Waals surface area contributed by atoms with Gasteiger partial charge in [0.1, 0.15) is 6.61 Å². The highest BCUT2D eigenvalue weighted by Gasteiger charge is 2.14. The number of nitrogens with one attached hydrogen (secondary N) is 2. The Kier molecular flexibility index (Phi) is 7.21. The smallest absolute Gasteiger partial charge is 0.250 e. The summed E-state index contributed by atoms with van der Waals surface area (Å²) in [6.07, 6.45) is 4.82. The molecule has 2 rings (SSSR count). The van der Waals surface area contributed by atoms with Crippen molar-refractivity contribution in [3.8, 4) is 0 Å². The Morgan fingerprint density at radius 2 is 1.79 bits per heavy atom. The highest BCUT2D eigenvalue weighted by Crippen LogP contribution is 2.20. The molecule has 6 heteroatoms. The van der Waals surface area contributed by atoms with Crippen LogP contribution in [0.4, 0.5) is 11.4 Å². The maximum atomic E-state index is 12.3. The fourth-order valence-electron chi connectivity index (χ4n) is 2.85. The Balaban J connectivity index is 1.94. The van der Waals surface area contributed by atoms with Gasteiger partial charge in [-0.1, -0.05) is 18.9 Å². The molecule has 24 heavy (non-hydrogen) atoms. The number of hydrogen-bond acceptors (Lipinski definition) is 4. The van der Waals surface area contributed by atoms with Crippen LogP contribution in [-0.4, -0.2) is 50.1 Å². The molecular weight excluding hydrogens is 306 g/mol. The second-order valence-corrected chi connectivity index (χ2v) is 6.25. The number of anilines is 2. The monoisotopic (exact) mass is 333 g/mol. The molecule has 0 aromatic heterocycles. The van der Waals surface area contributed by atoms with E-state index in [-0.39, 0.29) is 18.4 Å². The van der Waals surface area contributed by atoms with Gasteiger partial charge in [-0.2, -0.15) is 0 Å². The van der Waals surface area contributed by atoms with Crippen molar-refractivity contribution in [3.63, 3.8) is 0 Å². The summed E-state index contributed by atoms with van der Waals surface area (Å²) in [4.78, 5) is 26.1. The highest BCUT2D eigenvalue weighted by atomic mass is 16.5. The molecule has 0 atom stereocenters. The second kappa shape index (κ2) is 9.39. The van der Waals surface area contributed by atoms with Gasteiger partial charge in [-0.3, -0.25) is 14.5 Å². The lowest BCUT2D eigenvalue weighted by Crippen LogP contribution is -2.34. The summed E-state index contributed by atoms with van der Waals surface area (Å²) in [5, 5.41) is 5.71. The average Bonchev–Trinajstić information content (AvgIpc) is 2.79. The molecule has 1 aromatic rings. The van der Waals surface area contributed by atoms with Crippen molar-refractivity contribution in [1.29, 1.82) is 0 Å². The van der Waals surface area contributed by atoms with Gasteiger partial charge < -0.3 is 15.4 Å². The van der Waals surface area contributed by atoms with Crippen LogP contribution in [0.15, 0.2) is 18.2 Å². The van der Waals surface area contributed by atoms with Gasteiger partial charge in [0.15, 0.2) is 0 Å². The van der Waals surface area contributed by atoms with Crippen molar-refractivity contribution < 1.29 is 14.3 Å². The van der Waals surface area contributed by atoms with Crippen LogP contribution in [0.5, 0.6) is 0 Å². The largest absolute Gasteiger partial charge is 0.375 e. The van der Waals surface area contributed by atoms with E-state index in [4.69, 9.17) is 4.74 Å². The first-order valence-corrected chi connectivity index (χ1v) is 8.50. The third-order valence-electron chi connectivity index (χ3n) is 4.14. The fourth-order valence-corrected chi connectivity index (χ4v) is 2.85. The zero-order chi connectivity index (χ0) is 17.4. The normalized spacial score (nSPS) is 15.6. The number of benzene rings is 1. The number of likely N-dealkylation sites (tertiary alicyclic amines) is 1. The summed E-state index contributed by atoms with van der Waals surface area (Å²) in [7, 11) is 1.48. The number of rotatable bonds is 6. The Bertz CT molecular complexity index is 567. The van der Waals surface area contributed by atoms with Crippen molar-refractivity contribution in [2.75, 3.05) is 44.0 Å². The van der Waals surface area contributed by atoms with E-state index >= 15 is 0 Å². The molecule has 0 spiro atoms. The number of carbonyl (C=O) groups is 2. The van der Waals surface area contributed by atoms with E-state index < -0.39 is 0 Å². The number of nitrogens with zero attached hydrogens (tertiary/aromatic N) is 1. The number of amides is 2. The quantitative estimate of drug-likeness (QED) is 0.838. The number of carbonyl (C=O) groups excluding carboxylic acids is 2. The first kappa shape index (κ1) is 18.4.